The van der Waals surface area contributed by atoms with Gasteiger partial charge in [-0.15, -0.1) is 0 Å². The van der Waals surface area contributed by atoms with E-state index in [-0.39, 0.29) is 23.9 Å². The van der Waals surface area contributed by atoms with Gasteiger partial charge in [-0.25, -0.2) is 0 Å². The van der Waals surface area contributed by atoms with Crippen molar-refractivity contribution < 1.29 is 9.59 Å². The molecule has 0 aliphatic rings. The molecule has 4 heteroatoms. The molecular weight excluding hydrogens is 396 g/mol. The molecule has 4 nitrogen and oxygen atoms in total. The SMILES string of the molecule is CC(Cc1ccccc1)NC(=O)CCCCCCCCC(=O)NC(C)Cc1ccccc1. The molecule has 0 saturated heterocycles. The van der Waals surface area contributed by atoms with Crippen molar-refractivity contribution in [2.45, 2.75) is 90.1 Å². The molecule has 2 amide bonds. The van der Waals surface area contributed by atoms with Crippen LogP contribution in [0.3, 0.4) is 0 Å². The molecule has 0 saturated carbocycles. The third-order valence-electron chi connectivity index (χ3n) is 5.64. The van der Waals surface area contributed by atoms with Crippen LogP contribution in [0.1, 0.15) is 76.3 Å². The van der Waals surface area contributed by atoms with Crippen molar-refractivity contribution in [2.24, 2.45) is 0 Å². The highest BCUT2D eigenvalue weighted by Crippen LogP contribution is 2.10. The number of amides is 2. The first-order valence-electron chi connectivity index (χ1n) is 12.2. The number of unbranched alkanes of at least 4 members (excludes halogenated alkanes) is 5. The predicted molar refractivity (Wildman–Crippen MR) is 132 cm³/mol. The van der Waals surface area contributed by atoms with E-state index in [1.54, 1.807) is 0 Å². The van der Waals surface area contributed by atoms with Crippen LogP contribution in [0.4, 0.5) is 0 Å². The molecule has 0 heterocycles. The zero-order valence-electron chi connectivity index (χ0n) is 19.8. The van der Waals surface area contributed by atoms with Crippen molar-refractivity contribution in [1.29, 1.82) is 0 Å². The Balaban J connectivity index is 1.43. The van der Waals surface area contributed by atoms with Gasteiger partial charge in [-0.1, -0.05) is 86.3 Å². The molecule has 174 valence electrons. The van der Waals surface area contributed by atoms with E-state index in [0.717, 1.165) is 51.4 Å². The average molecular weight is 437 g/mol. The maximum atomic E-state index is 12.1. The van der Waals surface area contributed by atoms with Crippen LogP contribution in [-0.4, -0.2) is 23.9 Å². The fourth-order valence-electron chi connectivity index (χ4n) is 4.01. The molecule has 32 heavy (non-hydrogen) atoms. The highest BCUT2D eigenvalue weighted by molar-refractivity contribution is 5.76. The van der Waals surface area contributed by atoms with Crippen LogP contribution >= 0.6 is 0 Å². The molecule has 0 bridgehead atoms. The molecule has 2 aromatic carbocycles. The van der Waals surface area contributed by atoms with E-state index in [4.69, 9.17) is 0 Å². The first-order valence-corrected chi connectivity index (χ1v) is 12.2. The fourth-order valence-corrected chi connectivity index (χ4v) is 4.01. The zero-order valence-corrected chi connectivity index (χ0v) is 19.8. The summed E-state index contributed by atoms with van der Waals surface area (Å²) >= 11 is 0. The van der Waals surface area contributed by atoms with Gasteiger partial charge in [0.2, 0.25) is 11.8 Å². The second kappa shape index (κ2) is 15.2. The summed E-state index contributed by atoms with van der Waals surface area (Å²) in [5, 5.41) is 6.20. The Morgan fingerprint density at radius 2 is 0.938 bits per heavy atom. The lowest BCUT2D eigenvalue weighted by Crippen LogP contribution is -2.33. The van der Waals surface area contributed by atoms with Crippen LogP contribution in [0.15, 0.2) is 60.7 Å². The van der Waals surface area contributed by atoms with Gasteiger partial charge < -0.3 is 10.6 Å². The van der Waals surface area contributed by atoms with Crippen LogP contribution in [0.2, 0.25) is 0 Å². The number of benzene rings is 2. The number of nitrogens with one attached hydrogen (secondary N) is 2. The minimum atomic E-state index is 0.148. The summed E-state index contributed by atoms with van der Waals surface area (Å²) in [5.41, 5.74) is 2.50. The molecule has 2 unspecified atom stereocenters. The van der Waals surface area contributed by atoms with E-state index in [0.29, 0.717) is 12.8 Å². The van der Waals surface area contributed by atoms with Crippen molar-refractivity contribution >= 4 is 11.8 Å². The van der Waals surface area contributed by atoms with Gasteiger partial charge in [0.25, 0.3) is 0 Å². The molecule has 0 aliphatic heterocycles. The van der Waals surface area contributed by atoms with Crippen molar-refractivity contribution in [3.63, 3.8) is 0 Å². The lowest BCUT2D eigenvalue weighted by atomic mass is 10.1. The fraction of sp³-hybridized carbons (Fsp3) is 0.500. The number of rotatable bonds is 15. The summed E-state index contributed by atoms with van der Waals surface area (Å²) in [6.45, 7) is 4.12. The molecule has 0 fully saturated rings. The van der Waals surface area contributed by atoms with Gasteiger partial charge in [0.05, 0.1) is 0 Å². The highest BCUT2D eigenvalue weighted by atomic mass is 16.2. The maximum Gasteiger partial charge on any atom is 0.220 e. The van der Waals surface area contributed by atoms with Gasteiger partial charge in [-0.2, -0.15) is 0 Å². The molecule has 2 atom stereocenters. The lowest BCUT2D eigenvalue weighted by Gasteiger charge is -2.14. The lowest BCUT2D eigenvalue weighted by molar-refractivity contribution is -0.122. The second-order valence-electron chi connectivity index (χ2n) is 8.94. The van der Waals surface area contributed by atoms with Crippen LogP contribution < -0.4 is 10.6 Å². The van der Waals surface area contributed by atoms with Gasteiger partial charge >= 0.3 is 0 Å². The van der Waals surface area contributed by atoms with Crippen molar-refractivity contribution in [1.82, 2.24) is 10.6 Å². The van der Waals surface area contributed by atoms with E-state index < -0.39 is 0 Å². The van der Waals surface area contributed by atoms with E-state index in [1.165, 1.54) is 11.1 Å². The van der Waals surface area contributed by atoms with Crippen LogP contribution in [0.5, 0.6) is 0 Å². The third kappa shape index (κ3) is 11.7. The Morgan fingerprint density at radius 1 is 0.594 bits per heavy atom. The van der Waals surface area contributed by atoms with Crippen molar-refractivity contribution in [3.05, 3.63) is 71.8 Å². The molecular formula is C28H40N2O2. The summed E-state index contributed by atoms with van der Waals surface area (Å²) in [6, 6.07) is 20.8. The van der Waals surface area contributed by atoms with Gasteiger partial charge in [-0.3, -0.25) is 9.59 Å². The predicted octanol–water partition coefficient (Wildman–Crippen LogP) is 5.60. The average Bonchev–Trinajstić information content (AvgIpc) is 2.76. The minimum Gasteiger partial charge on any atom is -0.353 e. The Hall–Kier alpha value is -2.62. The Labute approximate surface area is 194 Å². The molecule has 2 rings (SSSR count). The maximum absolute atomic E-state index is 12.1. The molecule has 0 spiro atoms. The van der Waals surface area contributed by atoms with Gasteiger partial charge in [0.15, 0.2) is 0 Å². The molecule has 2 aromatic rings. The number of hydrogen-bond acceptors (Lipinski definition) is 2. The zero-order chi connectivity index (χ0) is 23.0. The molecule has 0 aliphatic carbocycles. The smallest absolute Gasteiger partial charge is 0.220 e. The monoisotopic (exact) mass is 436 g/mol. The Bertz CT molecular complexity index is 709. The second-order valence-corrected chi connectivity index (χ2v) is 8.94. The van der Waals surface area contributed by atoms with E-state index in [9.17, 15) is 9.59 Å². The third-order valence-corrected chi connectivity index (χ3v) is 5.64. The summed E-state index contributed by atoms with van der Waals surface area (Å²) in [4.78, 5) is 24.2. The number of carbonyl (C=O) groups excluding carboxylic acids is 2. The van der Waals surface area contributed by atoms with E-state index >= 15 is 0 Å². The summed E-state index contributed by atoms with van der Waals surface area (Å²) < 4.78 is 0. The summed E-state index contributed by atoms with van der Waals surface area (Å²) in [5.74, 6) is 0.296. The Kier molecular flexibility index (Phi) is 12.2. The van der Waals surface area contributed by atoms with E-state index in [1.807, 2.05) is 36.4 Å². The van der Waals surface area contributed by atoms with Gasteiger partial charge in [0, 0.05) is 24.9 Å². The first kappa shape index (κ1) is 25.6. The summed E-state index contributed by atoms with van der Waals surface area (Å²) in [6.07, 6.45) is 9.18. The van der Waals surface area contributed by atoms with Crippen molar-refractivity contribution in [2.75, 3.05) is 0 Å². The molecule has 0 radical (unpaired) electrons. The van der Waals surface area contributed by atoms with Gasteiger partial charge in [-0.05, 0) is 50.7 Å². The first-order chi connectivity index (χ1) is 15.5. The molecule has 0 aromatic heterocycles. The highest BCUT2D eigenvalue weighted by Gasteiger charge is 2.09. The number of carbonyl (C=O) groups is 2. The topological polar surface area (TPSA) is 58.2 Å². The Morgan fingerprint density at radius 3 is 1.31 bits per heavy atom. The van der Waals surface area contributed by atoms with Crippen LogP contribution in [-0.2, 0) is 22.4 Å². The number of hydrogen-bond donors (Lipinski definition) is 2. The largest absolute Gasteiger partial charge is 0.353 e. The minimum absolute atomic E-state index is 0.148. The van der Waals surface area contributed by atoms with Crippen LogP contribution in [0, 0.1) is 0 Å². The van der Waals surface area contributed by atoms with Crippen molar-refractivity contribution in [3.8, 4) is 0 Å². The quantitative estimate of drug-likeness (QED) is 0.357. The van der Waals surface area contributed by atoms with Gasteiger partial charge in [0.1, 0.15) is 0 Å². The van der Waals surface area contributed by atoms with Crippen LogP contribution in [0.25, 0.3) is 0 Å². The molecule has 2 N–H and O–H groups in total. The normalized spacial score (nSPS) is 12.7. The standard InChI is InChI=1S/C28H40N2O2/c1-23(21-25-15-9-7-10-16-25)29-27(31)19-13-5-3-4-6-14-20-28(32)30-24(2)22-26-17-11-8-12-18-26/h7-12,15-18,23-24H,3-6,13-14,19-22H2,1-2H3,(H,29,31)(H,30,32). The summed E-state index contributed by atoms with van der Waals surface area (Å²) in [7, 11) is 0. The van der Waals surface area contributed by atoms with E-state index in [2.05, 4.69) is 48.7 Å².